The van der Waals surface area contributed by atoms with E-state index < -0.39 is 23.5 Å². The maximum Gasteiger partial charge on any atom is 0.251 e. The van der Waals surface area contributed by atoms with Crippen LogP contribution < -0.4 is 16.0 Å². The number of allylic oxidation sites excluding steroid dienone is 1. The maximum absolute atomic E-state index is 13.1. The van der Waals surface area contributed by atoms with Crippen molar-refractivity contribution in [3.8, 4) is 0 Å². The molecule has 0 saturated carbocycles. The smallest absolute Gasteiger partial charge is 0.251 e. The molecule has 174 valence electrons. The van der Waals surface area contributed by atoms with E-state index >= 15 is 0 Å². The van der Waals surface area contributed by atoms with Gasteiger partial charge in [0.05, 0.1) is 19.0 Å². The Balaban J connectivity index is 1.92. The summed E-state index contributed by atoms with van der Waals surface area (Å²) in [5.41, 5.74) is -0.641. The molecule has 2 aliphatic heterocycles. The zero-order chi connectivity index (χ0) is 23.3. The van der Waals surface area contributed by atoms with Gasteiger partial charge in [-0.15, -0.1) is 11.3 Å². The van der Waals surface area contributed by atoms with Crippen LogP contribution in [0.25, 0.3) is 0 Å². The van der Waals surface area contributed by atoms with Crippen molar-refractivity contribution < 1.29 is 19.1 Å². The van der Waals surface area contributed by atoms with E-state index in [4.69, 9.17) is 4.74 Å². The predicted octanol–water partition coefficient (Wildman–Crippen LogP) is 1.20. The summed E-state index contributed by atoms with van der Waals surface area (Å²) >= 11 is 5.56. The number of amides is 3. The standard InChI is InChI=1S/C21H29N5O4S2/c1-12(2)17-18(28)23-13(6-4-5-7-31)8-15(27)22-9-16-24-14(10-32-16)19-26-21(3,11-30-19)20(29)25-17/h4,6,10,12-13,17,31H,5,7-9,11H2,1-3H3,(H,22,27)(H,23,28)(H,25,29)/b6-4+/t13-,17+,21+/m1/s1. The Labute approximate surface area is 196 Å². The zero-order valence-corrected chi connectivity index (χ0v) is 20.1. The maximum atomic E-state index is 13.1. The number of hydrogen-bond acceptors (Lipinski definition) is 8. The number of carbonyl (C=O) groups excluding carboxylic acids is 3. The lowest BCUT2D eigenvalue weighted by Crippen LogP contribution is -2.56. The number of aliphatic imine (C=N–C) groups is 1. The molecule has 3 heterocycles. The van der Waals surface area contributed by atoms with Gasteiger partial charge in [-0.3, -0.25) is 14.4 Å². The lowest BCUT2D eigenvalue weighted by Gasteiger charge is -2.27. The molecule has 9 nitrogen and oxygen atoms in total. The monoisotopic (exact) mass is 479 g/mol. The van der Waals surface area contributed by atoms with Gasteiger partial charge in [-0.2, -0.15) is 12.6 Å². The summed E-state index contributed by atoms with van der Waals surface area (Å²) in [4.78, 5) is 47.6. The summed E-state index contributed by atoms with van der Waals surface area (Å²) in [6.07, 6.45) is 4.45. The van der Waals surface area contributed by atoms with Crippen molar-refractivity contribution in [1.82, 2.24) is 20.9 Å². The molecule has 32 heavy (non-hydrogen) atoms. The molecule has 3 N–H and O–H groups in total. The second-order valence-electron chi connectivity index (χ2n) is 8.34. The number of nitrogens with zero attached hydrogens (tertiary/aromatic N) is 2. The predicted molar refractivity (Wildman–Crippen MR) is 126 cm³/mol. The van der Waals surface area contributed by atoms with Gasteiger partial charge >= 0.3 is 0 Å². The molecule has 3 rings (SSSR count). The van der Waals surface area contributed by atoms with Gasteiger partial charge in [0.25, 0.3) is 5.91 Å². The molecule has 11 heteroatoms. The molecular weight excluding hydrogens is 450 g/mol. The fourth-order valence-corrected chi connectivity index (χ4v) is 4.14. The summed E-state index contributed by atoms with van der Waals surface area (Å²) in [5.74, 6) is -0.217. The first-order chi connectivity index (χ1) is 15.2. The van der Waals surface area contributed by atoms with Gasteiger partial charge in [0.1, 0.15) is 23.4 Å². The van der Waals surface area contributed by atoms with Crippen LogP contribution in [-0.4, -0.2) is 58.6 Å². The summed E-state index contributed by atoms with van der Waals surface area (Å²) in [6.45, 7) is 5.67. The molecule has 0 fully saturated rings. The SMILES string of the molecule is CC(C)[C@@H]1NC(=O)[C@]2(C)COC(=N2)c2csc(n2)CNC(=O)C[C@@H](/C=C/CCS)NC1=O. The van der Waals surface area contributed by atoms with Crippen LogP contribution >= 0.6 is 24.0 Å². The zero-order valence-electron chi connectivity index (χ0n) is 18.4. The Bertz CT molecular complexity index is 929. The fraction of sp³-hybridized carbons (Fsp3) is 0.571. The van der Waals surface area contributed by atoms with Crippen molar-refractivity contribution in [2.75, 3.05) is 12.4 Å². The highest BCUT2D eigenvalue weighted by Gasteiger charge is 2.42. The molecule has 1 aromatic heterocycles. The first kappa shape index (κ1) is 24.2. The summed E-state index contributed by atoms with van der Waals surface area (Å²) in [7, 11) is 0. The van der Waals surface area contributed by atoms with Crippen LogP contribution in [0.4, 0.5) is 0 Å². The third-order valence-corrected chi connectivity index (χ3v) is 6.27. The quantitative estimate of drug-likeness (QED) is 0.382. The van der Waals surface area contributed by atoms with Crippen LogP contribution in [0.1, 0.15) is 44.3 Å². The highest BCUT2D eigenvalue weighted by Crippen LogP contribution is 2.23. The first-order valence-corrected chi connectivity index (χ1v) is 12.1. The minimum Gasteiger partial charge on any atom is -0.473 e. The van der Waals surface area contributed by atoms with Crippen molar-refractivity contribution in [2.24, 2.45) is 10.9 Å². The minimum atomic E-state index is -1.16. The normalized spacial score (nSPS) is 27.0. The van der Waals surface area contributed by atoms with Crippen molar-refractivity contribution >= 4 is 47.6 Å². The third-order valence-electron chi connectivity index (χ3n) is 5.17. The molecule has 1 aromatic rings. The second-order valence-corrected chi connectivity index (χ2v) is 9.73. The Morgan fingerprint density at radius 3 is 2.84 bits per heavy atom. The van der Waals surface area contributed by atoms with Gasteiger partial charge in [-0.25, -0.2) is 9.98 Å². The number of thiol groups is 1. The Kier molecular flexibility index (Phi) is 7.94. The van der Waals surface area contributed by atoms with Gasteiger partial charge in [0.2, 0.25) is 17.7 Å². The van der Waals surface area contributed by atoms with Crippen molar-refractivity contribution in [3.05, 3.63) is 28.2 Å². The van der Waals surface area contributed by atoms with Gasteiger partial charge in [-0.1, -0.05) is 26.0 Å². The molecule has 0 unspecified atom stereocenters. The number of nitrogens with one attached hydrogen (secondary N) is 3. The molecule has 3 amide bonds. The number of hydrogen-bond donors (Lipinski definition) is 4. The molecule has 0 aromatic carbocycles. The molecule has 0 spiro atoms. The van der Waals surface area contributed by atoms with E-state index in [1.54, 1.807) is 18.4 Å². The average Bonchev–Trinajstić information content (AvgIpc) is 3.37. The van der Waals surface area contributed by atoms with E-state index in [0.29, 0.717) is 22.9 Å². The van der Waals surface area contributed by atoms with E-state index in [0.717, 1.165) is 0 Å². The van der Waals surface area contributed by atoms with Crippen molar-refractivity contribution in [2.45, 2.75) is 57.8 Å². The van der Waals surface area contributed by atoms with Crippen molar-refractivity contribution in [1.29, 1.82) is 0 Å². The molecule has 0 aliphatic carbocycles. The van der Waals surface area contributed by atoms with Crippen LogP contribution in [0.15, 0.2) is 22.5 Å². The second kappa shape index (κ2) is 10.5. The lowest BCUT2D eigenvalue weighted by molar-refractivity contribution is -0.133. The van der Waals surface area contributed by atoms with Crippen LogP contribution in [0.5, 0.6) is 0 Å². The van der Waals surface area contributed by atoms with Crippen LogP contribution in [0.3, 0.4) is 0 Å². The third kappa shape index (κ3) is 5.89. The van der Waals surface area contributed by atoms with E-state index in [2.05, 4.69) is 38.6 Å². The Morgan fingerprint density at radius 2 is 2.12 bits per heavy atom. The van der Waals surface area contributed by atoms with Crippen LogP contribution in [-0.2, 0) is 25.7 Å². The summed E-state index contributed by atoms with van der Waals surface area (Å²) in [5, 5.41) is 11.0. The first-order valence-electron chi connectivity index (χ1n) is 10.5. The summed E-state index contributed by atoms with van der Waals surface area (Å²) < 4.78 is 5.66. The Hall–Kier alpha value is -2.40. The number of ether oxygens (including phenoxy) is 1. The van der Waals surface area contributed by atoms with E-state index in [-0.39, 0.29) is 43.2 Å². The number of fused-ring (bicyclic) bond motifs is 4. The number of carbonyl (C=O) groups is 3. The molecule has 0 saturated heterocycles. The van der Waals surface area contributed by atoms with Gasteiger partial charge < -0.3 is 20.7 Å². The van der Waals surface area contributed by atoms with E-state index in [1.165, 1.54) is 11.3 Å². The lowest BCUT2D eigenvalue weighted by atomic mass is 9.99. The van der Waals surface area contributed by atoms with Crippen LogP contribution in [0, 0.1) is 5.92 Å². The van der Waals surface area contributed by atoms with Gasteiger partial charge in [-0.05, 0) is 25.0 Å². The van der Waals surface area contributed by atoms with Crippen molar-refractivity contribution in [3.63, 3.8) is 0 Å². The summed E-state index contributed by atoms with van der Waals surface area (Å²) in [6, 6.07) is -1.31. The topological polar surface area (TPSA) is 122 Å². The fourth-order valence-electron chi connectivity index (χ4n) is 3.29. The highest BCUT2D eigenvalue weighted by molar-refractivity contribution is 7.80. The molecule has 4 bridgehead atoms. The van der Waals surface area contributed by atoms with Gasteiger partial charge in [0.15, 0.2) is 5.54 Å². The minimum absolute atomic E-state index is 0.0548. The molecule has 2 aliphatic rings. The number of aromatic nitrogens is 1. The molecular formula is C21H29N5O4S2. The van der Waals surface area contributed by atoms with Gasteiger partial charge in [0, 0.05) is 5.38 Å². The average molecular weight is 480 g/mol. The van der Waals surface area contributed by atoms with Crippen LogP contribution in [0.2, 0.25) is 0 Å². The Morgan fingerprint density at radius 1 is 1.34 bits per heavy atom. The largest absolute Gasteiger partial charge is 0.473 e. The van der Waals surface area contributed by atoms with E-state index in [1.807, 2.05) is 19.9 Å². The van der Waals surface area contributed by atoms with E-state index in [9.17, 15) is 14.4 Å². The molecule has 0 radical (unpaired) electrons. The number of thiazole rings is 1. The highest BCUT2D eigenvalue weighted by atomic mass is 32.1. The number of rotatable bonds is 4. The molecule has 3 atom stereocenters.